The zero-order valence-corrected chi connectivity index (χ0v) is 9.13. The maximum absolute atomic E-state index is 10.4. The topological polar surface area (TPSA) is 59.7 Å². The van der Waals surface area contributed by atoms with Crippen LogP contribution in [0.15, 0.2) is 40.8 Å². The van der Waals surface area contributed by atoms with Crippen molar-refractivity contribution in [3.05, 3.63) is 53.5 Å². The lowest BCUT2D eigenvalue weighted by Gasteiger charge is -2.08. The van der Waals surface area contributed by atoms with E-state index in [0.29, 0.717) is 17.8 Å². The summed E-state index contributed by atoms with van der Waals surface area (Å²) in [5.41, 5.74) is 0.717. The molecule has 0 bridgehead atoms. The predicted octanol–water partition coefficient (Wildman–Crippen LogP) is 2.16. The van der Waals surface area contributed by atoms with Gasteiger partial charge in [0.25, 0.3) is 0 Å². The van der Waals surface area contributed by atoms with E-state index in [1.807, 2.05) is 12.1 Å². The van der Waals surface area contributed by atoms with Gasteiger partial charge in [-0.05, 0) is 18.2 Å². The first-order valence-corrected chi connectivity index (χ1v) is 5.19. The molecule has 0 amide bonds. The fraction of sp³-hybridized carbons (Fsp3) is 0.154. The van der Waals surface area contributed by atoms with E-state index in [-0.39, 0.29) is 19.0 Å². The lowest BCUT2D eigenvalue weighted by atomic mass is 10.2. The summed E-state index contributed by atoms with van der Waals surface area (Å²) in [7, 11) is 0. The summed E-state index contributed by atoms with van der Waals surface area (Å²) in [6, 6.07) is 10.5. The Morgan fingerprint density at radius 1 is 1.24 bits per heavy atom. The highest BCUT2D eigenvalue weighted by molar-refractivity contribution is 5.70. The molecule has 0 aliphatic heterocycles. The van der Waals surface area contributed by atoms with Crippen LogP contribution in [0.3, 0.4) is 0 Å². The summed E-state index contributed by atoms with van der Waals surface area (Å²) in [5.74, 6) is 1.46. The molecule has 88 valence electrons. The lowest BCUT2D eigenvalue weighted by molar-refractivity contribution is 0.109. The van der Waals surface area contributed by atoms with E-state index in [2.05, 4.69) is 0 Å². The van der Waals surface area contributed by atoms with Crippen molar-refractivity contribution in [2.45, 2.75) is 13.2 Å². The van der Waals surface area contributed by atoms with Crippen molar-refractivity contribution in [2.24, 2.45) is 0 Å². The van der Waals surface area contributed by atoms with E-state index in [9.17, 15) is 4.79 Å². The number of aliphatic hydroxyl groups is 1. The highest BCUT2D eigenvalue weighted by Gasteiger charge is 2.04. The summed E-state index contributed by atoms with van der Waals surface area (Å²) >= 11 is 0. The van der Waals surface area contributed by atoms with Crippen LogP contribution >= 0.6 is 0 Å². The van der Waals surface area contributed by atoms with E-state index in [4.69, 9.17) is 14.3 Å². The van der Waals surface area contributed by atoms with Crippen LogP contribution in [0.25, 0.3) is 0 Å². The summed E-state index contributed by atoms with van der Waals surface area (Å²) in [6.45, 7) is 0.152. The highest BCUT2D eigenvalue weighted by atomic mass is 16.5. The average Bonchev–Trinajstić information content (AvgIpc) is 2.84. The number of ether oxygens (including phenoxy) is 1. The molecule has 1 aromatic carbocycles. The average molecular weight is 232 g/mol. The molecule has 0 atom stereocenters. The third-order valence-corrected chi connectivity index (χ3v) is 2.31. The van der Waals surface area contributed by atoms with Gasteiger partial charge in [-0.1, -0.05) is 18.2 Å². The smallest absolute Gasteiger partial charge is 0.185 e. The van der Waals surface area contributed by atoms with Crippen molar-refractivity contribution in [1.82, 2.24) is 0 Å². The molecule has 0 spiro atoms. The summed E-state index contributed by atoms with van der Waals surface area (Å²) in [6.07, 6.45) is 0.644. The van der Waals surface area contributed by atoms with Gasteiger partial charge in [-0.2, -0.15) is 0 Å². The quantitative estimate of drug-likeness (QED) is 0.802. The van der Waals surface area contributed by atoms with Gasteiger partial charge >= 0.3 is 0 Å². The molecule has 0 radical (unpaired) electrons. The van der Waals surface area contributed by atoms with Crippen LogP contribution < -0.4 is 4.74 Å². The van der Waals surface area contributed by atoms with Gasteiger partial charge in [-0.15, -0.1) is 0 Å². The number of rotatable bonds is 5. The van der Waals surface area contributed by atoms with Gasteiger partial charge in [-0.3, -0.25) is 4.79 Å². The number of hydrogen-bond donors (Lipinski definition) is 1. The van der Waals surface area contributed by atoms with Crippen molar-refractivity contribution in [3.8, 4) is 5.75 Å². The second kappa shape index (κ2) is 5.32. The van der Waals surface area contributed by atoms with Crippen molar-refractivity contribution in [2.75, 3.05) is 0 Å². The molecule has 1 heterocycles. The van der Waals surface area contributed by atoms with Crippen molar-refractivity contribution in [3.63, 3.8) is 0 Å². The maximum Gasteiger partial charge on any atom is 0.185 e. The van der Waals surface area contributed by atoms with Crippen LogP contribution in [0.2, 0.25) is 0 Å². The molecule has 2 rings (SSSR count). The number of aliphatic hydroxyl groups excluding tert-OH is 1. The van der Waals surface area contributed by atoms with Crippen molar-refractivity contribution < 1.29 is 19.1 Å². The Morgan fingerprint density at radius 2 is 2.06 bits per heavy atom. The monoisotopic (exact) mass is 232 g/mol. The molecule has 1 aromatic heterocycles. The molecule has 0 aliphatic carbocycles. The number of benzene rings is 1. The molecule has 4 heteroatoms. The minimum absolute atomic E-state index is 0.0755. The van der Waals surface area contributed by atoms with Crippen LogP contribution in [-0.4, -0.2) is 11.4 Å². The number of aldehydes is 1. The summed E-state index contributed by atoms with van der Waals surface area (Å²) in [5, 5.41) is 9.11. The third-order valence-electron chi connectivity index (χ3n) is 2.31. The number of para-hydroxylation sites is 1. The fourth-order valence-corrected chi connectivity index (χ4v) is 1.46. The second-order valence-corrected chi connectivity index (χ2v) is 3.48. The second-order valence-electron chi connectivity index (χ2n) is 3.48. The zero-order chi connectivity index (χ0) is 12.1. The van der Waals surface area contributed by atoms with Gasteiger partial charge < -0.3 is 14.3 Å². The number of carbonyl (C=O) groups excluding carboxylic acids is 1. The standard InChI is InChI=1S/C13H12O4/c14-7-10-3-1-2-4-13(10)16-9-12-6-5-11(8-15)17-12/h1-6,8,14H,7,9H2. The van der Waals surface area contributed by atoms with Gasteiger partial charge in [0.2, 0.25) is 0 Å². The summed E-state index contributed by atoms with van der Waals surface area (Å²) in [4.78, 5) is 10.4. The van der Waals surface area contributed by atoms with E-state index >= 15 is 0 Å². The summed E-state index contributed by atoms with van der Waals surface area (Å²) < 4.78 is 10.7. The minimum atomic E-state index is -0.0755. The molecule has 0 unspecified atom stereocenters. The van der Waals surface area contributed by atoms with Gasteiger partial charge in [0.05, 0.1) is 6.61 Å². The van der Waals surface area contributed by atoms with E-state index in [1.165, 1.54) is 0 Å². The minimum Gasteiger partial charge on any atom is -0.485 e. The molecule has 1 N–H and O–H groups in total. The molecule has 17 heavy (non-hydrogen) atoms. The van der Waals surface area contributed by atoms with E-state index < -0.39 is 0 Å². The molecule has 0 saturated carbocycles. The molecular weight excluding hydrogens is 220 g/mol. The Hall–Kier alpha value is -2.07. The Kier molecular flexibility index (Phi) is 3.57. The first-order valence-electron chi connectivity index (χ1n) is 5.19. The van der Waals surface area contributed by atoms with Crippen molar-refractivity contribution in [1.29, 1.82) is 0 Å². The Labute approximate surface area is 98.4 Å². The Balaban J connectivity index is 2.04. The SMILES string of the molecule is O=Cc1ccc(COc2ccccc2CO)o1. The first kappa shape index (κ1) is 11.4. The maximum atomic E-state index is 10.4. The van der Waals surface area contributed by atoms with Crippen LogP contribution in [0.4, 0.5) is 0 Å². The van der Waals surface area contributed by atoms with Crippen molar-refractivity contribution >= 4 is 6.29 Å². The number of carbonyl (C=O) groups is 1. The zero-order valence-electron chi connectivity index (χ0n) is 9.13. The largest absolute Gasteiger partial charge is 0.485 e. The van der Waals surface area contributed by atoms with Crippen LogP contribution in [0.1, 0.15) is 21.9 Å². The number of furan rings is 1. The molecule has 0 fully saturated rings. The van der Waals surface area contributed by atoms with Gasteiger partial charge in [0.1, 0.15) is 18.1 Å². The van der Waals surface area contributed by atoms with Gasteiger partial charge in [-0.25, -0.2) is 0 Å². The van der Waals surface area contributed by atoms with E-state index in [1.54, 1.807) is 24.3 Å². The fourth-order valence-electron chi connectivity index (χ4n) is 1.46. The Bertz CT molecular complexity index is 502. The van der Waals surface area contributed by atoms with Crippen LogP contribution in [0, 0.1) is 0 Å². The van der Waals surface area contributed by atoms with Crippen LogP contribution in [0.5, 0.6) is 5.75 Å². The molecule has 2 aromatic rings. The van der Waals surface area contributed by atoms with Crippen LogP contribution in [-0.2, 0) is 13.2 Å². The molecule has 0 saturated heterocycles. The molecule has 4 nitrogen and oxygen atoms in total. The Morgan fingerprint density at radius 3 is 2.76 bits per heavy atom. The normalized spacial score (nSPS) is 10.2. The lowest BCUT2D eigenvalue weighted by Crippen LogP contribution is -1.97. The predicted molar refractivity (Wildman–Crippen MR) is 60.8 cm³/mol. The van der Waals surface area contributed by atoms with Gasteiger partial charge in [0, 0.05) is 5.56 Å². The number of hydrogen-bond acceptors (Lipinski definition) is 4. The first-order chi connectivity index (χ1) is 8.33. The van der Waals surface area contributed by atoms with E-state index in [0.717, 1.165) is 5.56 Å². The van der Waals surface area contributed by atoms with Gasteiger partial charge in [0.15, 0.2) is 12.0 Å². The molecular formula is C13H12O4. The molecule has 0 aliphatic rings. The highest BCUT2D eigenvalue weighted by Crippen LogP contribution is 2.19. The third kappa shape index (κ3) is 2.73.